The molecule has 0 aliphatic carbocycles. The fourth-order valence-corrected chi connectivity index (χ4v) is 2.20. The Kier molecular flexibility index (Phi) is 7.18. The van der Waals surface area contributed by atoms with Gasteiger partial charge in [0, 0.05) is 6.54 Å². The van der Waals surface area contributed by atoms with Crippen LogP contribution in [0, 0.1) is 0 Å². The van der Waals surface area contributed by atoms with Crippen molar-refractivity contribution in [2.24, 2.45) is 0 Å². The highest BCUT2D eigenvalue weighted by molar-refractivity contribution is 5.86. The lowest BCUT2D eigenvalue weighted by atomic mass is 10.1. The average Bonchev–Trinajstić information content (AvgIpc) is 2.38. The van der Waals surface area contributed by atoms with Gasteiger partial charge in [0.05, 0.1) is 12.3 Å². The summed E-state index contributed by atoms with van der Waals surface area (Å²) in [5.41, 5.74) is 0.0650. The number of ether oxygens (including phenoxy) is 2. The van der Waals surface area contributed by atoms with Crippen molar-refractivity contribution in [3.63, 3.8) is 0 Å². The molecule has 0 spiro atoms. The van der Waals surface area contributed by atoms with Crippen molar-refractivity contribution in [3.8, 4) is 5.75 Å². The van der Waals surface area contributed by atoms with E-state index in [9.17, 15) is 4.79 Å². The van der Waals surface area contributed by atoms with Crippen LogP contribution in [0.4, 0.5) is 10.5 Å². The maximum atomic E-state index is 12.1. The highest BCUT2D eigenvalue weighted by atomic mass is 16.6. The smallest absolute Gasteiger partial charge is 0.412 e. The summed E-state index contributed by atoms with van der Waals surface area (Å²) in [6.45, 7) is 7.16. The summed E-state index contributed by atoms with van der Waals surface area (Å²) in [4.78, 5) is 14.1. The molecular weight excluding hydrogens is 280 g/mol. The summed E-state index contributed by atoms with van der Waals surface area (Å²) in [6, 6.07) is 7.39. The molecule has 1 rings (SSSR count). The van der Waals surface area contributed by atoms with E-state index in [-0.39, 0.29) is 0 Å². The third-order valence-corrected chi connectivity index (χ3v) is 2.95. The Morgan fingerprint density at radius 1 is 1.27 bits per heavy atom. The Balaban J connectivity index is 2.64. The van der Waals surface area contributed by atoms with E-state index in [0.717, 1.165) is 12.8 Å². The number of hydrogen-bond donors (Lipinski definition) is 1. The molecule has 5 nitrogen and oxygen atoms in total. The summed E-state index contributed by atoms with van der Waals surface area (Å²) in [7, 11) is 3.89. The topological polar surface area (TPSA) is 50.8 Å². The first kappa shape index (κ1) is 18.3. The molecule has 0 saturated carbocycles. The normalized spacial score (nSPS) is 11.4. The van der Waals surface area contributed by atoms with E-state index in [1.165, 1.54) is 0 Å². The summed E-state index contributed by atoms with van der Waals surface area (Å²) in [5.74, 6) is 0.665. The van der Waals surface area contributed by atoms with Crippen LogP contribution in [0.2, 0.25) is 0 Å². The molecule has 1 N–H and O–H groups in total. The lowest BCUT2D eigenvalue weighted by molar-refractivity contribution is 0.0295. The number of nitrogens with zero attached hydrogens (tertiary/aromatic N) is 1. The van der Waals surface area contributed by atoms with Gasteiger partial charge in [0.25, 0.3) is 0 Å². The van der Waals surface area contributed by atoms with E-state index in [1.54, 1.807) is 0 Å². The molecule has 22 heavy (non-hydrogen) atoms. The molecule has 0 aromatic heterocycles. The number of anilines is 1. The van der Waals surface area contributed by atoms with Crippen molar-refractivity contribution in [3.05, 3.63) is 24.3 Å². The number of carbonyl (C=O) groups is 1. The summed E-state index contributed by atoms with van der Waals surface area (Å²) in [6.07, 6.45) is 1.57. The van der Waals surface area contributed by atoms with E-state index in [4.69, 9.17) is 9.47 Å². The van der Waals surface area contributed by atoms with Crippen LogP contribution in [-0.2, 0) is 4.74 Å². The fourth-order valence-electron chi connectivity index (χ4n) is 2.20. The van der Waals surface area contributed by atoms with Crippen LogP contribution in [0.25, 0.3) is 0 Å². The molecule has 0 bridgehead atoms. The van der Waals surface area contributed by atoms with Gasteiger partial charge < -0.3 is 14.4 Å². The number of nitrogens with one attached hydrogen (secondary N) is 1. The number of carbonyl (C=O) groups excluding carboxylic acids is 1. The fraction of sp³-hybridized carbons (Fsp3) is 0.588. The number of likely N-dealkylation sites (N-methyl/N-ethyl adjacent to an activating group) is 1. The molecule has 0 radical (unpaired) electrons. The van der Waals surface area contributed by atoms with E-state index < -0.39 is 11.7 Å². The van der Waals surface area contributed by atoms with Crippen LogP contribution in [0.3, 0.4) is 0 Å². The zero-order valence-corrected chi connectivity index (χ0v) is 14.3. The first-order chi connectivity index (χ1) is 10.3. The largest absolute Gasteiger partial charge is 0.491 e. The van der Waals surface area contributed by atoms with Gasteiger partial charge in [-0.05, 0) is 46.5 Å². The van der Waals surface area contributed by atoms with E-state index in [2.05, 4.69) is 12.2 Å². The minimum absolute atomic E-state index is 0.474. The van der Waals surface area contributed by atoms with E-state index in [1.807, 2.05) is 57.1 Å². The molecule has 1 amide bonds. The van der Waals surface area contributed by atoms with Crippen LogP contribution in [0.1, 0.15) is 33.6 Å². The molecule has 0 fully saturated rings. The zero-order chi connectivity index (χ0) is 16.6. The molecule has 0 aliphatic heterocycles. The minimum Gasteiger partial charge on any atom is -0.491 e. The van der Waals surface area contributed by atoms with Crippen molar-refractivity contribution >= 4 is 11.8 Å². The molecular formula is C17H28N2O3. The van der Waals surface area contributed by atoms with Crippen LogP contribution < -0.4 is 10.1 Å². The first-order valence-corrected chi connectivity index (χ1v) is 7.70. The number of hydrogen-bond acceptors (Lipinski definition) is 4. The predicted octanol–water partition coefficient (Wildman–Crippen LogP) is 3.75. The summed E-state index contributed by atoms with van der Waals surface area (Å²) >= 11 is 0. The van der Waals surface area contributed by atoms with Crippen LogP contribution >= 0.6 is 0 Å². The Labute approximate surface area is 133 Å². The number of unbranched alkanes of at least 4 members (excludes halogenated alkanes) is 1. The second kappa shape index (κ2) is 8.63. The minimum atomic E-state index is -0.564. The number of para-hydroxylation sites is 2. The number of rotatable bonds is 8. The van der Waals surface area contributed by atoms with Gasteiger partial charge in [0.15, 0.2) is 0 Å². The summed E-state index contributed by atoms with van der Waals surface area (Å²) in [5, 5.41) is 2.76. The second-order valence-electron chi connectivity index (χ2n) is 6.21. The number of benzene rings is 1. The van der Waals surface area contributed by atoms with Crippen molar-refractivity contribution in [1.29, 1.82) is 0 Å². The maximum absolute atomic E-state index is 12.1. The highest BCUT2D eigenvalue weighted by Gasteiger charge is 2.24. The molecule has 1 aromatic rings. The molecule has 0 saturated heterocycles. The maximum Gasteiger partial charge on any atom is 0.412 e. The Morgan fingerprint density at radius 2 is 1.95 bits per heavy atom. The summed E-state index contributed by atoms with van der Waals surface area (Å²) < 4.78 is 11.2. The Bertz CT molecular complexity index is 473. The predicted molar refractivity (Wildman–Crippen MR) is 89.6 cm³/mol. The molecule has 0 unspecified atom stereocenters. The SMILES string of the molecule is CCCCOc1ccccc1NC(=O)OC(C)(C)CN(C)C. The van der Waals surface area contributed by atoms with Gasteiger partial charge in [-0.1, -0.05) is 25.5 Å². The van der Waals surface area contributed by atoms with Gasteiger partial charge in [-0.25, -0.2) is 4.79 Å². The zero-order valence-electron chi connectivity index (χ0n) is 14.3. The first-order valence-electron chi connectivity index (χ1n) is 7.70. The van der Waals surface area contributed by atoms with Gasteiger partial charge >= 0.3 is 6.09 Å². The van der Waals surface area contributed by atoms with Gasteiger partial charge in [-0.3, -0.25) is 5.32 Å². The van der Waals surface area contributed by atoms with Crippen LogP contribution in [0.15, 0.2) is 24.3 Å². The van der Waals surface area contributed by atoms with Gasteiger partial charge in [-0.2, -0.15) is 0 Å². The van der Waals surface area contributed by atoms with Crippen molar-refractivity contribution in [2.75, 3.05) is 32.6 Å². The van der Waals surface area contributed by atoms with Crippen molar-refractivity contribution < 1.29 is 14.3 Å². The highest BCUT2D eigenvalue weighted by Crippen LogP contribution is 2.24. The standard InChI is InChI=1S/C17H28N2O3/c1-6-7-12-21-15-11-9-8-10-14(15)18-16(20)22-17(2,3)13-19(4)5/h8-11H,6-7,12-13H2,1-5H3,(H,18,20). The average molecular weight is 308 g/mol. The molecule has 124 valence electrons. The third-order valence-electron chi connectivity index (χ3n) is 2.95. The molecule has 0 heterocycles. The molecule has 0 atom stereocenters. The van der Waals surface area contributed by atoms with Crippen molar-refractivity contribution in [2.45, 2.75) is 39.2 Å². The third kappa shape index (κ3) is 6.80. The molecule has 5 heteroatoms. The van der Waals surface area contributed by atoms with E-state index >= 15 is 0 Å². The van der Waals surface area contributed by atoms with Crippen molar-refractivity contribution in [1.82, 2.24) is 4.90 Å². The van der Waals surface area contributed by atoms with Crippen LogP contribution in [0.5, 0.6) is 5.75 Å². The monoisotopic (exact) mass is 308 g/mol. The Hall–Kier alpha value is -1.75. The number of amides is 1. The van der Waals surface area contributed by atoms with Gasteiger partial charge in [0.1, 0.15) is 11.4 Å². The van der Waals surface area contributed by atoms with E-state index in [0.29, 0.717) is 24.6 Å². The lowest BCUT2D eigenvalue weighted by Crippen LogP contribution is -2.40. The quantitative estimate of drug-likeness (QED) is 0.743. The van der Waals surface area contributed by atoms with Gasteiger partial charge in [0.2, 0.25) is 0 Å². The van der Waals surface area contributed by atoms with Gasteiger partial charge in [-0.15, -0.1) is 0 Å². The second-order valence-corrected chi connectivity index (χ2v) is 6.21. The molecule has 1 aromatic carbocycles. The Morgan fingerprint density at radius 3 is 2.59 bits per heavy atom. The molecule has 0 aliphatic rings. The van der Waals surface area contributed by atoms with Crippen LogP contribution in [-0.4, -0.2) is 43.8 Å². The lowest BCUT2D eigenvalue weighted by Gasteiger charge is -2.28.